The molecule has 1 N–H and O–H groups in total. The zero-order valence-electron chi connectivity index (χ0n) is 11.4. The number of carboxylic acids is 1. The van der Waals surface area contributed by atoms with Crippen molar-refractivity contribution in [3.8, 4) is 0 Å². The highest BCUT2D eigenvalue weighted by molar-refractivity contribution is 7.98. The lowest BCUT2D eigenvalue weighted by Gasteiger charge is -2.23. The minimum atomic E-state index is -0.885. The molecule has 1 amide bonds. The summed E-state index contributed by atoms with van der Waals surface area (Å²) in [4.78, 5) is 25.8. The molecule has 5 heteroatoms. The summed E-state index contributed by atoms with van der Waals surface area (Å²) in [5.74, 6) is -1.57. The summed E-state index contributed by atoms with van der Waals surface area (Å²) < 4.78 is 0. The number of carbonyl (C=O) groups is 2. The van der Waals surface area contributed by atoms with Crippen molar-refractivity contribution in [2.75, 3.05) is 19.3 Å². The van der Waals surface area contributed by atoms with Crippen LogP contribution in [0.4, 0.5) is 0 Å². The van der Waals surface area contributed by atoms with Crippen molar-refractivity contribution >= 4 is 23.6 Å². The van der Waals surface area contributed by atoms with Gasteiger partial charge in [0.15, 0.2) is 0 Å². The number of carbonyl (C=O) groups excluding carboxylic acids is 1. The van der Waals surface area contributed by atoms with Gasteiger partial charge in [-0.2, -0.15) is 0 Å². The van der Waals surface area contributed by atoms with Crippen molar-refractivity contribution in [2.24, 2.45) is 5.92 Å². The molecule has 0 heterocycles. The molecule has 19 heavy (non-hydrogen) atoms. The summed E-state index contributed by atoms with van der Waals surface area (Å²) in [6, 6.07) is 7.35. The van der Waals surface area contributed by atoms with Gasteiger partial charge >= 0.3 is 5.97 Å². The number of aliphatic carboxylic acids is 1. The first-order chi connectivity index (χ1) is 8.99. The number of rotatable bonds is 6. The van der Waals surface area contributed by atoms with Crippen LogP contribution in [0.3, 0.4) is 0 Å². The minimum absolute atomic E-state index is 0.122. The lowest BCUT2D eigenvalue weighted by molar-refractivity contribution is -0.141. The van der Waals surface area contributed by atoms with Gasteiger partial charge in [0.2, 0.25) is 0 Å². The predicted octanol–water partition coefficient (Wildman–Crippen LogP) is 2.59. The topological polar surface area (TPSA) is 57.6 Å². The van der Waals surface area contributed by atoms with Crippen LogP contribution in [0.15, 0.2) is 29.2 Å². The fraction of sp³-hybridized carbons (Fsp3) is 0.429. The van der Waals surface area contributed by atoms with E-state index in [9.17, 15) is 9.59 Å². The van der Waals surface area contributed by atoms with Gasteiger partial charge in [-0.1, -0.05) is 6.92 Å². The molecule has 1 aromatic carbocycles. The quantitative estimate of drug-likeness (QED) is 0.814. The van der Waals surface area contributed by atoms with Gasteiger partial charge in [0.25, 0.3) is 5.91 Å². The molecule has 0 radical (unpaired) electrons. The fourth-order valence-corrected chi connectivity index (χ4v) is 2.09. The number of hydrogen-bond donors (Lipinski definition) is 1. The summed E-state index contributed by atoms with van der Waals surface area (Å²) >= 11 is 1.62. The normalized spacial score (nSPS) is 11.9. The third-order valence-electron chi connectivity index (χ3n) is 2.92. The first-order valence-electron chi connectivity index (χ1n) is 6.15. The number of carboxylic acid groups (broad SMARTS) is 1. The van der Waals surface area contributed by atoms with E-state index in [1.807, 2.05) is 25.3 Å². The van der Waals surface area contributed by atoms with E-state index in [2.05, 4.69) is 0 Å². The molecule has 104 valence electrons. The zero-order valence-corrected chi connectivity index (χ0v) is 12.2. The molecule has 4 nitrogen and oxygen atoms in total. The number of amides is 1. The Morgan fingerprint density at radius 3 is 2.32 bits per heavy atom. The fourth-order valence-electron chi connectivity index (χ4n) is 1.68. The van der Waals surface area contributed by atoms with Crippen molar-refractivity contribution < 1.29 is 14.7 Å². The van der Waals surface area contributed by atoms with Crippen molar-refractivity contribution in [2.45, 2.75) is 18.7 Å². The molecule has 0 aromatic heterocycles. The van der Waals surface area contributed by atoms with Crippen LogP contribution in [-0.2, 0) is 4.79 Å². The molecule has 1 unspecified atom stereocenters. The monoisotopic (exact) mass is 281 g/mol. The largest absolute Gasteiger partial charge is 0.481 e. The minimum Gasteiger partial charge on any atom is -0.481 e. The smallest absolute Gasteiger partial charge is 0.308 e. The van der Waals surface area contributed by atoms with Crippen molar-refractivity contribution in [1.29, 1.82) is 0 Å². The Bertz CT molecular complexity index is 445. The van der Waals surface area contributed by atoms with Gasteiger partial charge in [0, 0.05) is 23.5 Å². The Hall–Kier alpha value is -1.49. The molecule has 0 aliphatic rings. The van der Waals surface area contributed by atoms with E-state index in [4.69, 9.17) is 5.11 Å². The maximum atomic E-state index is 12.3. The number of thioether (sulfide) groups is 1. The molecular weight excluding hydrogens is 262 g/mol. The Kier molecular flexibility index (Phi) is 5.89. The van der Waals surface area contributed by atoms with E-state index >= 15 is 0 Å². The summed E-state index contributed by atoms with van der Waals surface area (Å²) in [5, 5.41) is 8.91. The molecular formula is C14H19NO3S. The maximum absolute atomic E-state index is 12.3. The number of hydrogen-bond acceptors (Lipinski definition) is 3. The summed E-state index contributed by atoms with van der Waals surface area (Å²) in [7, 11) is 0. The number of benzene rings is 1. The molecule has 0 bridgehead atoms. The summed E-state index contributed by atoms with van der Waals surface area (Å²) in [6.07, 6.45) is 1.98. The SMILES string of the molecule is CCN(CC(C)C(=O)O)C(=O)c1ccc(SC)cc1. The van der Waals surface area contributed by atoms with Crippen molar-refractivity contribution in [3.05, 3.63) is 29.8 Å². The van der Waals surface area contributed by atoms with E-state index in [0.717, 1.165) is 4.90 Å². The first-order valence-corrected chi connectivity index (χ1v) is 7.38. The van der Waals surface area contributed by atoms with Gasteiger partial charge in [0.05, 0.1) is 5.92 Å². The lowest BCUT2D eigenvalue weighted by Crippen LogP contribution is -2.36. The van der Waals surface area contributed by atoms with Crippen LogP contribution in [0.2, 0.25) is 0 Å². The molecule has 0 saturated heterocycles. The highest BCUT2D eigenvalue weighted by Gasteiger charge is 2.20. The van der Waals surface area contributed by atoms with Gasteiger partial charge in [-0.25, -0.2) is 0 Å². The molecule has 0 aliphatic carbocycles. The third kappa shape index (κ3) is 4.28. The van der Waals surface area contributed by atoms with Crippen molar-refractivity contribution in [1.82, 2.24) is 4.90 Å². The van der Waals surface area contributed by atoms with Gasteiger partial charge in [-0.3, -0.25) is 9.59 Å². The Morgan fingerprint density at radius 2 is 1.89 bits per heavy atom. The Labute approximate surface area is 117 Å². The number of nitrogens with zero attached hydrogens (tertiary/aromatic N) is 1. The van der Waals surface area contributed by atoms with Gasteiger partial charge in [-0.05, 0) is 37.4 Å². The van der Waals surface area contributed by atoms with Crippen LogP contribution in [0, 0.1) is 5.92 Å². The Morgan fingerprint density at radius 1 is 1.32 bits per heavy atom. The van der Waals surface area contributed by atoms with Crippen LogP contribution < -0.4 is 0 Å². The highest BCUT2D eigenvalue weighted by Crippen LogP contribution is 2.16. The zero-order chi connectivity index (χ0) is 14.4. The van der Waals surface area contributed by atoms with E-state index in [1.165, 1.54) is 0 Å². The Balaban J connectivity index is 2.79. The standard InChI is InChI=1S/C14H19NO3S/c1-4-15(9-10(2)14(17)18)13(16)11-5-7-12(19-3)8-6-11/h5-8,10H,4,9H2,1-3H3,(H,17,18). The van der Waals surface area contributed by atoms with Crippen LogP contribution in [0.1, 0.15) is 24.2 Å². The van der Waals surface area contributed by atoms with Gasteiger partial charge < -0.3 is 10.0 Å². The molecule has 0 spiro atoms. The molecule has 1 atom stereocenters. The third-order valence-corrected chi connectivity index (χ3v) is 3.67. The van der Waals surface area contributed by atoms with E-state index in [1.54, 1.807) is 35.7 Å². The lowest BCUT2D eigenvalue weighted by atomic mass is 10.1. The van der Waals surface area contributed by atoms with Crippen LogP contribution >= 0.6 is 11.8 Å². The van der Waals surface area contributed by atoms with Crippen LogP contribution in [0.25, 0.3) is 0 Å². The maximum Gasteiger partial charge on any atom is 0.308 e. The summed E-state index contributed by atoms with van der Waals surface area (Å²) in [5.41, 5.74) is 0.595. The molecule has 0 fully saturated rings. The second-order valence-corrected chi connectivity index (χ2v) is 5.19. The molecule has 1 rings (SSSR count). The van der Waals surface area contributed by atoms with E-state index in [-0.39, 0.29) is 12.5 Å². The first kappa shape index (κ1) is 15.6. The average Bonchev–Trinajstić information content (AvgIpc) is 2.43. The van der Waals surface area contributed by atoms with E-state index < -0.39 is 11.9 Å². The second-order valence-electron chi connectivity index (χ2n) is 4.31. The molecule has 0 aliphatic heterocycles. The van der Waals surface area contributed by atoms with Gasteiger partial charge in [-0.15, -0.1) is 11.8 Å². The predicted molar refractivity (Wildman–Crippen MR) is 76.6 cm³/mol. The second kappa shape index (κ2) is 7.19. The van der Waals surface area contributed by atoms with Gasteiger partial charge in [0.1, 0.15) is 0 Å². The van der Waals surface area contributed by atoms with Crippen molar-refractivity contribution in [3.63, 3.8) is 0 Å². The average molecular weight is 281 g/mol. The van der Waals surface area contributed by atoms with E-state index in [0.29, 0.717) is 12.1 Å². The summed E-state index contributed by atoms with van der Waals surface area (Å²) in [6.45, 7) is 4.19. The van der Waals surface area contributed by atoms with Crippen LogP contribution in [-0.4, -0.2) is 41.2 Å². The molecule has 1 aromatic rings. The molecule has 0 saturated carbocycles. The van der Waals surface area contributed by atoms with Crippen LogP contribution in [0.5, 0.6) is 0 Å². The highest BCUT2D eigenvalue weighted by atomic mass is 32.2.